The molecule has 1 saturated heterocycles. The molecule has 2 aromatic carbocycles. The first-order chi connectivity index (χ1) is 18.7. The largest absolute Gasteiger partial charge is 0.269 e. The molecular weight excluding hydrogens is 551 g/mol. The van der Waals surface area contributed by atoms with Crippen LogP contribution in [0.1, 0.15) is 24.0 Å². The van der Waals surface area contributed by atoms with Crippen molar-refractivity contribution >= 4 is 42.4 Å². The van der Waals surface area contributed by atoms with Crippen LogP contribution in [0.25, 0.3) is 33.3 Å². The first kappa shape index (κ1) is 25.9. The first-order valence-corrected chi connectivity index (χ1v) is 16.5. The highest BCUT2D eigenvalue weighted by Gasteiger charge is 2.28. The van der Waals surface area contributed by atoms with E-state index in [1.807, 2.05) is 30.7 Å². The van der Waals surface area contributed by atoms with Crippen LogP contribution >= 0.6 is 11.3 Å². The highest BCUT2D eigenvalue weighted by atomic mass is 32.2. The molecule has 1 fully saturated rings. The molecule has 10 heteroatoms. The fraction of sp³-hybridized carbons (Fsp3) is 0.207. The highest BCUT2D eigenvalue weighted by Crippen LogP contribution is 2.41. The maximum atomic E-state index is 13.9. The van der Waals surface area contributed by atoms with Crippen LogP contribution in [-0.2, 0) is 20.0 Å². The number of aromatic nitrogens is 2. The summed E-state index contributed by atoms with van der Waals surface area (Å²) in [5, 5.41) is 4.72. The van der Waals surface area contributed by atoms with Crippen molar-refractivity contribution in [2.45, 2.75) is 36.5 Å². The average molecular weight is 578 g/mol. The van der Waals surface area contributed by atoms with Crippen molar-refractivity contribution in [1.29, 1.82) is 0 Å². The quantitative estimate of drug-likeness (QED) is 0.244. The average Bonchev–Trinajstić information content (AvgIpc) is 3.71. The minimum atomic E-state index is -3.96. The number of pyridine rings is 1. The summed E-state index contributed by atoms with van der Waals surface area (Å²) >= 11 is 1.56. The molecule has 3 aromatic heterocycles. The highest BCUT2D eigenvalue weighted by molar-refractivity contribution is 7.90. The van der Waals surface area contributed by atoms with Gasteiger partial charge in [-0.3, -0.25) is 0 Å². The van der Waals surface area contributed by atoms with Crippen LogP contribution in [0.3, 0.4) is 0 Å². The van der Waals surface area contributed by atoms with E-state index in [2.05, 4.69) is 4.98 Å². The predicted octanol–water partition coefficient (Wildman–Crippen LogP) is 6.07. The monoisotopic (exact) mass is 577 g/mol. The normalized spacial score (nSPS) is 14.8. The van der Waals surface area contributed by atoms with E-state index in [0.717, 1.165) is 35.1 Å². The Hall–Kier alpha value is -3.31. The van der Waals surface area contributed by atoms with Crippen molar-refractivity contribution in [1.82, 2.24) is 13.3 Å². The van der Waals surface area contributed by atoms with Gasteiger partial charge in [-0.25, -0.2) is 25.8 Å². The Morgan fingerprint density at radius 1 is 0.795 bits per heavy atom. The summed E-state index contributed by atoms with van der Waals surface area (Å²) in [5.41, 5.74) is 5.47. The van der Waals surface area contributed by atoms with E-state index >= 15 is 0 Å². The van der Waals surface area contributed by atoms with E-state index in [-0.39, 0.29) is 9.79 Å². The third-order valence-corrected chi connectivity index (χ3v) is 11.5. The molecule has 39 heavy (non-hydrogen) atoms. The number of thiophene rings is 1. The lowest BCUT2D eigenvalue weighted by atomic mass is 9.96. The number of rotatable bonds is 6. The summed E-state index contributed by atoms with van der Waals surface area (Å²) in [4.78, 5) is 5.00. The lowest BCUT2D eigenvalue weighted by Crippen LogP contribution is -2.27. The van der Waals surface area contributed by atoms with E-state index in [1.165, 1.54) is 8.28 Å². The van der Waals surface area contributed by atoms with Gasteiger partial charge in [0.2, 0.25) is 10.0 Å². The number of sulfonamides is 1. The third-order valence-electron chi connectivity index (χ3n) is 7.23. The fourth-order valence-electron chi connectivity index (χ4n) is 5.15. The molecule has 0 N–H and O–H groups in total. The Morgan fingerprint density at radius 2 is 1.44 bits per heavy atom. The Bertz CT molecular complexity index is 1890. The molecule has 7 nitrogen and oxygen atoms in total. The van der Waals surface area contributed by atoms with Crippen molar-refractivity contribution in [3.63, 3.8) is 0 Å². The standard InChI is InChI=1S/C29H27N3O4S3/c1-20-5-9-25(10-6-20)39(35,36)32-18-26(28-27(23-13-16-37-19-23)21(2)17-30-29(28)32)22-7-11-24(12-8-22)38(33,34)31-14-3-4-15-31/h5-13,16-19H,3-4,14-15H2,1-2H3. The van der Waals surface area contributed by atoms with Crippen LogP contribution in [0.5, 0.6) is 0 Å². The summed E-state index contributed by atoms with van der Waals surface area (Å²) < 4.78 is 56.7. The molecule has 4 heterocycles. The number of hydrogen-bond acceptors (Lipinski definition) is 6. The Morgan fingerprint density at radius 3 is 2.08 bits per heavy atom. The van der Waals surface area contributed by atoms with Gasteiger partial charge in [-0.05, 0) is 90.0 Å². The Balaban J connectivity index is 1.57. The lowest BCUT2D eigenvalue weighted by Gasteiger charge is -2.15. The van der Waals surface area contributed by atoms with Gasteiger partial charge in [0, 0.05) is 36.4 Å². The maximum absolute atomic E-state index is 13.9. The molecule has 1 aliphatic heterocycles. The second-order valence-electron chi connectivity index (χ2n) is 9.82. The number of aryl methyl sites for hydroxylation is 2. The molecule has 0 saturated carbocycles. The molecule has 0 spiro atoms. The Kier molecular flexibility index (Phi) is 6.46. The van der Waals surface area contributed by atoms with Crippen molar-refractivity contribution in [3.8, 4) is 22.3 Å². The fourth-order valence-corrected chi connectivity index (χ4v) is 8.63. The van der Waals surface area contributed by atoms with E-state index in [9.17, 15) is 16.8 Å². The van der Waals surface area contributed by atoms with Gasteiger partial charge in [-0.1, -0.05) is 29.8 Å². The van der Waals surface area contributed by atoms with Crippen LogP contribution < -0.4 is 0 Å². The SMILES string of the molecule is Cc1ccc(S(=O)(=O)n2cc(-c3ccc(S(=O)(=O)N4CCCC4)cc3)c3c(-c4ccsc4)c(C)cnc32)cc1. The molecule has 1 aliphatic rings. The third kappa shape index (κ3) is 4.41. The number of nitrogens with zero attached hydrogens (tertiary/aromatic N) is 3. The van der Waals surface area contributed by atoms with Gasteiger partial charge < -0.3 is 0 Å². The second-order valence-corrected chi connectivity index (χ2v) is 14.4. The molecule has 0 amide bonds. The molecule has 6 rings (SSSR count). The van der Waals surface area contributed by atoms with Crippen LogP contribution in [-0.4, -0.2) is 43.2 Å². The summed E-state index contributed by atoms with van der Waals surface area (Å²) in [6.45, 7) is 4.93. The Labute approximate surface area is 232 Å². The molecular formula is C29H27N3O4S3. The first-order valence-electron chi connectivity index (χ1n) is 12.6. The minimum absolute atomic E-state index is 0.170. The molecule has 0 atom stereocenters. The number of fused-ring (bicyclic) bond motifs is 1. The van der Waals surface area contributed by atoms with Gasteiger partial charge in [0.05, 0.1) is 9.79 Å². The predicted molar refractivity (Wildman–Crippen MR) is 155 cm³/mol. The molecule has 0 radical (unpaired) electrons. The van der Waals surface area contributed by atoms with E-state index in [1.54, 1.807) is 72.3 Å². The van der Waals surface area contributed by atoms with Crippen LogP contribution in [0, 0.1) is 13.8 Å². The summed E-state index contributed by atoms with van der Waals surface area (Å²) in [6.07, 6.45) is 5.03. The van der Waals surface area contributed by atoms with Crippen molar-refractivity contribution < 1.29 is 16.8 Å². The molecule has 0 aliphatic carbocycles. The number of benzene rings is 2. The summed E-state index contributed by atoms with van der Waals surface area (Å²) in [7, 11) is -7.52. The molecule has 5 aromatic rings. The van der Waals surface area contributed by atoms with Crippen molar-refractivity contribution in [2.24, 2.45) is 0 Å². The van der Waals surface area contributed by atoms with E-state index in [0.29, 0.717) is 35.2 Å². The summed E-state index contributed by atoms with van der Waals surface area (Å²) in [5.74, 6) is 0. The van der Waals surface area contributed by atoms with Crippen LogP contribution in [0.15, 0.2) is 87.5 Å². The summed E-state index contributed by atoms with van der Waals surface area (Å²) in [6, 6.07) is 15.5. The number of hydrogen-bond donors (Lipinski definition) is 0. The molecule has 0 unspecified atom stereocenters. The molecule has 0 bridgehead atoms. The van der Waals surface area contributed by atoms with Gasteiger partial charge in [0.1, 0.15) is 0 Å². The maximum Gasteiger partial charge on any atom is 0.269 e. The minimum Gasteiger partial charge on any atom is -0.237 e. The van der Waals surface area contributed by atoms with Gasteiger partial charge in [-0.2, -0.15) is 15.6 Å². The van der Waals surface area contributed by atoms with Gasteiger partial charge >= 0.3 is 0 Å². The van der Waals surface area contributed by atoms with Crippen molar-refractivity contribution in [3.05, 3.63) is 88.9 Å². The zero-order valence-electron chi connectivity index (χ0n) is 21.5. The van der Waals surface area contributed by atoms with Crippen LogP contribution in [0.2, 0.25) is 0 Å². The van der Waals surface area contributed by atoms with E-state index < -0.39 is 20.0 Å². The van der Waals surface area contributed by atoms with E-state index in [4.69, 9.17) is 0 Å². The van der Waals surface area contributed by atoms with Gasteiger partial charge in [-0.15, -0.1) is 0 Å². The van der Waals surface area contributed by atoms with Crippen molar-refractivity contribution in [2.75, 3.05) is 13.1 Å². The van der Waals surface area contributed by atoms with Crippen LogP contribution in [0.4, 0.5) is 0 Å². The van der Waals surface area contributed by atoms with Gasteiger partial charge in [0.25, 0.3) is 10.0 Å². The topological polar surface area (TPSA) is 89.3 Å². The second kappa shape index (κ2) is 9.71. The lowest BCUT2D eigenvalue weighted by molar-refractivity contribution is 0.477. The van der Waals surface area contributed by atoms with Gasteiger partial charge in [0.15, 0.2) is 5.65 Å². The molecule has 200 valence electrons. The zero-order valence-corrected chi connectivity index (χ0v) is 24.0. The zero-order chi connectivity index (χ0) is 27.4. The smallest absolute Gasteiger partial charge is 0.237 e.